The van der Waals surface area contributed by atoms with Crippen LogP contribution in [0.2, 0.25) is 0 Å². The summed E-state index contributed by atoms with van der Waals surface area (Å²) in [6.07, 6.45) is 1.86. The van der Waals surface area contributed by atoms with Gasteiger partial charge in [-0.2, -0.15) is 0 Å². The van der Waals surface area contributed by atoms with E-state index in [0.29, 0.717) is 18.1 Å². The quantitative estimate of drug-likeness (QED) is 0.832. The molecule has 2 rings (SSSR count). The van der Waals surface area contributed by atoms with Crippen LogP contribution in [0.5, 0.6) is 0 Å². The van der Waals surface area contributed by atoms with Crippen LogP contribution in [0.3, 0.4) is 0 Å². The fraction of sp³-hybridized carbons (Fsp3) is 0.364. The number of hydrogen-bond donors (Lipinski definition) is 1. The second-order valence-corrected chi connectivity index (χ2v) is 4.47. The van der Waals surface area contributed by atoms with Crippen LogP contribution >= 0.6 is 11.3 Å². The number of rotatable bonds is 5. The van der Waals surface area contributed by atoms with Crippen molar-refractivity contribution in [3.8, 4) is 0 Å². The number of aromatic nitrogens is 2. The largest absolute Gasteiger partial charge is 0.469 e. The smallest absolute Gasteiger partial charge is 0.311 e. The number of carbonyl (C=O) groups excluding carboxylic acids is 1. The highest BCUT2D eigenvalue weighted by Gasteiger charge is 2.08. The van der Waals surface area contributed by atoms with Crippen molar-refractivity contribution in [1.82, 2.24) is 9.97 Å². The number of methoxy groups -OCH3 is 1. The van der Waals surface area contributed by atoms with Gasteiger partial charge in [-0.15, -0.1) is 11.3 Å². The first-order chi connectivity index (χ1) is 8.67. The molecule has 1 N–H and O–H groups in total. The van der Waals surface area contributed by atoms with E-state index in [9.17, 15) is 4.79 Å². The lowest BCUT2D eigenvalue weighted by molar-refractivity contribution is -0.139. The van der Waals surface area contributed by atoms with E-state index in [1.54, 1.807) is 6.20 Å². The lowest BCUT2D eigenvalue weighted by Gasteiger charge is -1.98. The van der Waals surface area contributed by atoms with Gasteiger partial charge < -0.3 is 14.5 Å². The first-order valence-corrected chi connectivity index (χ1v) is 6.21. The van der Waals surface area contributed by atoms with Gasteiger partial charge in [-0.25, -0.2) is 9.97 Å². The van der Waals surface area contributed by atoms with Crippen LogP contribution in [0.4, 0.5) is 5.13 Å². The number of nitrogens with one attached hydrogen (secondary N) is 1. The van der Waals surface area contributed by atoms with Crippen molar-refractivity contribution in [2.45, 2.75) is 19.9 Å². The number of oxazole rings is 1. The molecule has 7 heteroatoms. The van der Waals surface area contributed by atoms with Crippen molar-refractivity contribution in [3.05, 3.63) is 28.9 Å². The summed E-state index contributed by atoms with van der Waals surface area (Å²) >= 11 is 1.43. The zero-order valence-electron chi connectivity index (χ0n) is 10.1. The Bertz CT molecular complexity index is 535. The van der Waals surface area contributed by atoms with Gasteiger partial charge in [0.1, 0.15) is 5.76 Å². The maximum Gasteiger partial charge on any atom is 0.311 e. The fourth-order valence-electron chi connectivity index (χ4n) is 1.32. The Balaban J connectivity index is 1.88. The number of thiazole rings is 1. The first kappa shape index (κ1) is 12.6. The predicted molar refractivity (Wildman–Crippen MR) is 66.4 cm³/mol. The van der Waals surface area contributed by atoms with Gasteiger partial charge in [0.25, 0.3) is 0 Å². The second kappa shape index (κ2) is 5.63. The zero-order valence-corrected chi connectivity index (χ0v) is 10.9. The molecule has 0 aromatic carbocycles. The van der Waals surface area contributed by atoms with Crippen molar-refractivity contribution in [1.29, 1.82) is 0 Å². The van der Waals surface area contributed by atoms with Gasteiger partial charge in [0.2, 0.25) is 5.89 Å². The number of anilines is 1. The van der Waals surface area contributed by atoms with Crippen LogP contribution in [0.1, 0.15) is 17.3 Å². The number of nitrogens with zero attached hydrogens (tertiary/aromatic N) is 2. The molecular formula is C11H13N3O3S. The Morgan fingerprint density at radius 3 is 3.11 bits per heavy atom. The zero-order chi connectivity index (χ0) is 13.0. The molecule has 0 spiro atoms. The highest BCUT2D eigenvalue weighted by molar-refractivity contribution is 7.13. The standard InChI is InChI=1S/C11H13N3O3S/c1-7-4-12-9(17-7)5-13-11-14-8(6-18-11)3-10(15)16-2/h4,6H,3,5H2,1-2H3,(H,13,14). The van der Waals surface area contributed by atoms with Gasteiger partial charge in [0.15, 0.2) is 5.13 Å². The minimum atomic E-state index is -0.296. The van der Waals surface area contributed by atoms with Gasteiger partial charge in [-0.1, -0.05) is 0 Å². The molecule has 0 saturated heterocycles. The van der Waals surface area contributed by atoms with Gasteiger partial charge in [-0.3, -0.25) is 4.79 Å². The van der Waals surface area contributed by atoms with Crippen LogP contribution in [-0.4, -0.2) is 23.0 Å². The molecule has 0 aliphatic rings. The molecular weight excluding hydrogens is 254 g/mol. The SMILES string of the molecule is COC(=O)Cc1csc(NCc2ncc(C)o2)n1. The Labute approximate surface area is 108 Å². The van der Waals surface area contributed by atoms with Gasteiger partial charge >= 0.3 is 5.97 Å². The average Bonchev–Trinajstić information content (AvgIpc) is 2.96. The van der Waals surface area contributed by atoms with Crippen molar-refractivity contribution in [2.24, 2.45) is 0 Å². The summed E-state index contributed by atoms with van der Waals surface area (Å²) in [5.74, 6) is 1.09. The van der Waals surface area contributed by atoms with Crippen molar-refractivity contribution < 1.29 is 13.9 Å². The van der Waals surface area contributed by atoms with E-state index in [1.807, 2.05) is 12.3 Å². The first-order valence-electron chi connectivity index (χ1n) is 5.34. The molecule has 0 radical (unpaired) electrons. The normalized spacial score (nSPS) is 10.3. The van der Waals surface area contributed by atoms with Gasteiger partial charge in [-0.05, 0) is 6.92 Å². The van der Waals surface area contributed by atoms with Gasteiger partial charge in [0, 0.05) is 5.38 Å². The molecule has 0 aliphatic heterocycles. The molecule has 0 bridgehead atoms. The third-order valence-electron chi connectivity index (χ3n) is 2.16. The van der Waals surface area contributed by atoms with Crippen LogP contribution < -0.4 is 5.32 Å². The molecule has 18 heavy (non-hydrogen) atoms. The summed E-state index contributed by atoms with van der Waals surface area (Å²) in [6.45, 7) is 2.31. The van der Waals surface area contributed by atoms with Crippen LogP contribution in [0.15, 0.2) is 16.0 Å². The minimum Gasteiger partial charge on any atom is -0.469 e. The molecule has 0 saturated carbocycles. The number of esters is 1. The predicted octanol–water partition coefficient (Wildman–Crippen LogP) is 1.77. The van der Waals surface area contributed by atoms with E-state index in [-0.39, 0.29) is 12.4 Å². The molecule has 0 amide bonds. The summed E-state index contributed by atoms with van der Waals surface area (Å²) < 4.78 is 9.90. The molecule has 2 aromatic heterocycles. The lowest BCUT2D eigenvalue weighted by atomic mass is 10.3. The highest BCUT2D eigenvalue weighted by Crippen LogP contribution is 2.17. The Morgan fingerprint density at radius 2 is 2.44 bits per heavy atom. The molecule has 2 heterocycles. The van der Waals surface area contributed by atoms with Crippen molar-refractivity contribution in [2.75, 3.05) is 12.4 Å². The number of carbonyl (C=O) groups is 1. The third kappa shape index (κ3) is 3.30. The van der Waals surface area contributed by atoms with E-state index in [2.05, 4.69) is 20.0 Å². The summed E-state index contributed by atoms with van der Waals surface area (Å²) in [6, 6.07) is 0. The van der Waals surface area contributed by atoms with E-state index in [1.165, 1.54) is 18.4 Å². The monoisotopic (exact) mass is 267 g/mol. The average molecular weight is 267 g/mol. The Morgan fingerprint density at radius 1 is 1.61 bits per heavy atom. The summed E-state index contributed by atoms with van der Waals surface area (Å²) in [5.41, 5.74) is 0.693. The molecule has 6 nitrogen and oxygen atoms in total. The summed E-state index contributed by atoms with van der Waals surface area (Å²) in [7, 11) is 1.36. The fourth-order valence-corrected chi connectivity index (χ4v) is 2.03. The minimum absolute atomic E-state index is 0.187. The molecule has 2 aromatic rings. The van der Waals surface area contributed by atoms with Crippen LogP contribution in [0.25, 0.3) is 0 Å². The summed E-state index contributed by atoms with van der Waals surface area (Å²) in [4.78, 5) is 19.4. The topological polar surface area (TPSA) is 77.2 Å². The molecule has 0 atom stereocenters. The number of hydrogen-bond acceptors (Lipinski definition) is 7. The van der Waals surface area contributed by atoms with Crippen molar-refractivity contribution >= 4 is 22.4 Å². The summed E-state index contributed by atoms with van der Waals surface area (Å²) in [5, 5.41) is 5.63. The van der Waals surface area contributed by atoms with Crippen LogP contribution in [-0.2, 0) is 22.5 Å². The number of aryl methyl sites for hydroxylation is 1. The molecule has 0 fully saturated rings. The molecule has 96 valence electrons. The van der Waals surface area contributed by atoms with Gasteiger partial charge in [0.05, 0.1) is 32.0 Å². The molecule has 0 unspecified atom stereocenters. The van der Waals surface area contributed by atoms with E-state index in [0.717, 1.165) is 10.9 Å². The van der Waals surface area contributed by atoms with Crippen molar-refractivity contribution in [3.63, 3.8) is 0 Å². The Hall–Kier alpha value is -1.89. The maximum absolute atomic E-state index is 11.1. The third-order valence-corrected chi connectivity index (χ3v) is 3.01. The van der Waals surface area contributed by atoms with E-state index < -0.39 is 0 Å². The highest BCUT2D eigenvalue weighted by atomic mass is 32.1. The van der Waals surface area contributed by atoms with Crippen LogP contribution in [0, 0.1) is 6.92 Å². The lowest BCUT2D eigenvalue weighted by Crippen LogP contribution is -2.05. The van der Waals surface area contributed by atoms with E-state index >= 15 is 0 Å². The maximum atomic E-state index is 11.1. The Kier molecular flexibility index (Phi) is 3.93. The van der Waals surface area contributed by atoms with E-state index in [4.69, 9.17) is 4.42 Å². The number of ether oxygens (including phenoxy) is 1. The molecule has 0 aliphatic carbocycles. The second-order valence-electron chi connectivity index (χ2n) is 3.62.